The Morgan fingerprint density at radius 1 is 1.09 bits per heavy atom. The molecule has 6 heteroatoms. The van der Waals surface area contributed by atoms with E-state index < -0.39 is 0 Å². The number of nitro groups is 1. The number of aromatic amines is 1. The highest BCUT2D eigenvalue weighted by atomic mass is 35.5. The molecule has 0 fully saturated rings. The number of aromatic nitrogens is 1. The normalized spacial score (nSPS) is 12.5. The third-order valence-corrected chi connectivity index (χ3v) is 4.14. The minimum atomic E-state index is -0.362. The molecule has 112 valence electrons. The SMILES string of the molecule is O=[N+]([O-])C[C@@H](c1ccc(Cl)cc1)c1c[nH]c2ccc(Cl)cc12. The molecule has 0 radical (unpaired) electrons. The summed E-state index contributed by atoms with van der Waals surface area (Å²) in [7, 11) is 0. The number of nitrogens with one attached hydrogen (secondary N) is 1. The molecule has 3 aromatic rings. The largest absolute Gasteiger partial charge is 0.361 e. The summed E-state index contributed by atoms with van der Waals surface area (Å²) < 4.78 is 0. The number of benzene rings is 2. The Morgan fingerprint density at radius 2 is 1.77 bits per heavy atom. The van der Waals surface area contributed by atoms with Crippen molar-refractivity contribution in [3.63, 3.8) is 0 Å². The second-order valence-corrected chi connectivity index (χ2v) is 5.93. The van der Waals surface area contributed by atoms with Crippen LogP contribution in [-0.2, 0) is 0 Å². The summed E-state index contributed by atoms with van der Waals surface area (Å²) >= 11 is 12.0. The van der Waals surface area contributed by atoms with Gasteiger partial charge in [-0.05, 0) is 41.5 Å². The van der Waals surface area contributed by atoms with Gasteiger partial charge in [0.05, 0.1) is 5.92 Å². The zero-order valence-electron chi connectivity index (χ0n) is 11.4. The summed E-state index contributed by atoms with van der Waals surface area (Å²) in [5, 5.41) is 13.2. The van der Waals surface area contributed by atoms with Gasteiger partial charge in [0.15, 0.2) is 0 Å². The highest BCUT2D eigenvalue weighted by molar-refractivity contribution is 6.31. The van der Waals surface area contributed by atoms with E-state index in [0.717, 1.165) is 22.0 Å². The minimum absolute atomic E-state index is 0.193. The van der Waals surface area contributed by atoms with E-state index in [1.54, 1.807) is 18.2 Å². The Bertz CT molecular complexity index is 828. The molecule has 1 heterocycles. The second-order valence-electron chi connectivity index (χ2n) is 5.05. The van der Waals surface area contributed by atoms with Gasteiger partial charge in [-0.2, -0.15) is 0 Å². The molecule has 3 rings (SSSR count). The Balaban J connectivity index is 2.13. The molecule has 1 aromatic heterocycles. The molecule has 0 unspecified atom stereocenters. The molecule has 0 spiro atoms. The van der Waals surface area contributed by atoms with E-state index in [1.807, 2.05) is 30.5 Å². The maximum absolute atomic E-state index is 11.1. The highest BCUT2D eigenvalue weighted by Crippen LogP contribution is 2.33. The zero-order chi connectivity index (χ0) is 15.7. The van der Waals surface area contributed by atoms with Gasteiger partial charge in [0, 0.05) is 32.1 Å². The fourth-order valence-corrected chi connectivity index (χ4v) is 2.93. The van der Waals surface area contributed by atoms with Crippen LogP contribution in [0.4, 0.5) is 0 Å². The minimum Gasteiger partial charge on any atom is -0.361 e. The number of rotatable bonds is 4. The lowest BCUT2D eigenvalue weighted by Crippen LogP contribution is -2.13. The number of nitrogens with zero attached hydrogens (tertiary/aromatic N) is 1. The van der Waals surface area contributed by atoms with Crippen molar-refractivity contribution < 1.29 is 4.92 Å². The molecular formula is C16H12Cl2N2O2. The average molecular weight is 335 g/mol. The second kappa shape index (κ2) is 5.99. The summed E-state index contributed by atoms with van der Waals surface area (Å²) in [6, 6.07) is 12.6. The van der Waals surface area contributed by atoms with Crippen LogP contribution in [0.25, 0.3) is 10.9 Å². The molecule has 1 N–H and O–H groups in total. The predicted molar refractivity (Wildman–Crippen MR) is 88.5 cm³/mol. The molecule has 22 heavy (non-hydrogen) atoms. The van der Waals surface area contributed by atoms with Gasteiger partial charge >= 0.3 is 0 Å². The zero-order valence-corrected chi connectivity index (χ0v) is 12.9. The quantitative estimate of drug-likeness (QED) is 0.545. The standard InChI is InChI=1S/C16H12Cl2N2O2/c17-11-3-1-10(2-4-11)15(9-20(21)22)14-8-19-16-6-5-12(18)7-13(14)16/h1-8,15,19H,9H2/t15-/m0/s1. The molecule has 0 saturated heterocycles. The lowest BCUT2D eigenvalue weighted by molar-refractivity contribution is -0.481. The van der Waals surface area contributed by atoms with E-state index in [4.69, 9.17) is 23.2 Å². The smallest absolute Gasteiger partial charge is 0.214 e. The molecule has 2 aromatic carbocycles. The van der Waals surface area contributed by atoms with Gasteiger partial charge in [0.2, 0.25) is 6.54 Å². The van der Waals surface area contributed by atoms with Gasteiger partial charge < -0.3 is 4.98 Å². The third kappa shape index (κ3) is 2.93. The van der Waals surface area contributed by atoms with Crippen molar-refractivity contribution in [3.8, 4) is 0 Å². The summed E-state index contributed by atoms with van der Waals surface area (Å²) in [6.45, 7) is -0.193. The van der Waals surface area contributed by atoms with Crippen molar-refractivity contribution in [2.45, 2.75) is 5.92 Å². The fourth-order valence-electron chi connectivity index (χ4n) is 2.63. The molecule has 1 atom stereocenters. The van der Waals surface area contributed by atoms with E-state index in [1.165, 1.54) is 0 Å². The van der Waals surface area contributed by atoms with Gasteiger partial charge in [-0.3, -0.25) is 10.1 Å². The Morgan fingerprint density at radius 3 is 2.45 bits per heavy atom. The maximum Gasteiger partial charge on any atom is 0.214 e. The van der Waals surface area contributed by atoms with Crippen LogP contribution in [0.1, 0.15) is 17.0 Å². The molecule has 0 bridgehead atoms. The molecule has 0 aliphatic rings. The van der Waals surface area contributed by atoms with Crippen LogP contribution >= 0.6 is 23.2 Å². The fraction of sp³-hybridized carbons (Fsp3) is 0.125. The summed E-state index contributed by atoms with van der Waals surface area (Å²) in [5.41, 5.74) is 2.61. The predicted octanol–water partition coefficient (Wildman–Crippen LogP) is 4.88. The number of halogens is 2. The Kier molecular flexibility index (Phi) is 4.05. The lowest BCUT2D eigenvalue weighted by Gasteiger charge is -2.13. The van der Waals surface area contributed by atoms with E-state index in [0.29, 0.717) is 10.0 Å². The molecule has 4 nitrogen and oxygen atoms in total. The van der Waals surface area contributed by atoms with Crippen LogP contribution in [0.3, 0.4) is 0 Å². The van der Waals surface area contributed by atoms with Gasteiger partial charge in [-0.1, -0.05) is 35.3 Å². The highest BCUT2D eigenvalue weighted by Gasteiger charge is 2.23. The van der Waals surface area contributed by atoms with E-state index in [9.17, 15) is 10.1 Å². The summed E-state index contributed by atoms with van der Waals surface area (Å²) in [6.07, 6.45) is 1.81. The van der Waals surface area contributed by atoms with Crippen molar-refractivity contribution in [3.05, 3.63) is 79.9 Å². The van der Waals surface area contributed by atoms with E-state index in [-0.39, 0.29) is 17.4 Å². The molecule has 0 aliphatic carbocycles. The first kappa shape index (κ1) is 14.9. The average Bonchev–Trinajstić information content (AvgIpc) is 2.88. The third-order valence-electron chi connectivity index (χ3n) is 3.66. The molecule has 0 saturated carbocycles. The summed E-state index contributed by atoms with van der Waals surface area (Å²) in [5.74, 6) is -0.362. The number of fused-ring (bicyclic) bond motifs is 1. The van der Waals surface area contributed by atoms with Crippen molar-refractivity contribution in [2.24, 2.45) is 0 Å². The van der Waals surface area contributed by atoms with Crippen LogP contribution < -0.4 is 0 Å². The monoisotopic (exact) mass is 334 g/mol. The number of hydrogen-bond donors (Lipinski definition) is 1. The first-order valence-electron chi connectivity index (χ1n) is 6.68. The van der Waals surface area contributed by atoms with Crippen LogP contribution in [0.15, 0.2) is 48.7 Å². The first-order chi connectivity index (χ1) is 10.5. The molecular weight excluding hydrogens is 323 g/mol. The topological polar surface area (TPSA) is 58.9 Å². The molecule has 0 amide bonds. The lowest BCUT2D eigenvalue weighted by atomic mass is 9.91. The van der Waals surface area contributed by atoms with Crippen LogP contribution in [0, 0.1) is 10.1 Å². The van der Waals surface area contributed by atoms with Crippen molar-refractivity contribution >= 4 is 34.1 Å². The van der Waals surface area contributed by atoms with Crippen LogP contribution in [-0.4, -0.2) is 16.5 Å². The maximum atomic E-state index is 11.1. The van der Waals surface area contributed by atoms with Gasteiger partial charge in [-0.15, -0.1) is 0 Å². The van der Waals surface area contributed by atoms with Crippen LogP contribution in [0.5, 0.6) is 0 Å². The van der Waals surface area contributed by atoms with Crippen molar-refractivity contribution in [1.29, 1.82) is 0 Å². The van der Waals surface area contributed by atoms with E-state index >= 15 is 0 Å². The van der Waals surface area contributed by atoms with Crippen molar-refractivity contribution in [1.82, 2.24) is 4.98 Å². The number of hydrogen-bond acceptors (Lipinski definition) is 2. The Hall–Kier alpha value is -2.04. The van der Waals surface area contributed by atoms with Crippen molar-refractivity contribution in [2.75, 3.05) is 6.54 Å². The molecule has 0 aliphatic heterocycles. The first-order valence-corrected chi connectivity index (χ1v) is 7.44. The number of H-pyrrole nitrogens is 1. The Labute approximate surface area is 136 Å². The van der Waals surface area contributed by atoms with Crippen LogP contribution in [0.2, 0.25) is 10.0 Å². The summed E-state index contributed by atoms with van der Waals surface area (Å²) in [4.78, 5) is 13.9. The van der Waals surface area contributed by atoms with Gasteiger partial charge in [-0.25, -0.2) is 0 Å². The van der Waals surface area contributed by atoms with E-state index in [2.05, 4.69) is 4.98 Å². The van der Waals surface area contributed by atoms with Gasteiger partial charge in [0.25, 0.3) is 0 Å². The van der Waals surface area contributed by atoms with Gasteiger partial charge in [0.1, 0.15) is 0 Å².